The molecule has 1 aromatic heterocycles. The normalized spacial score (nSPS) is 11.5. The number of nitrogens with zero attached hydrogens (tertiary/aromatic N) is 1. The lowest BCUT2D eigenvalue weighted by atomic mass is 10.1. The molecule has 0 saturated carbocycles. The Kier molecular flexibility index (Phi) is 5.89. The van der Waals surface area contributed by atoms with Gasteiger partial charge in [0.05, 0.1) is 5.69 Å². The van der Waals surface area contributed by atoms with Gasteiger partial charge in [-0.15, -0.1) is 11.3 Å². The van der Waals surface area contributed by atoms with Crippen LogP contribution in [-0.4, -0.2) is 30.3 Å². The van der Waals surface area contributed by atoms with Gasteiger partial charge in [-0.3, -0.25) is 10.1 Å². The van der Waals surface area contributed by atoms with E-state index in [1.54, 1.807) is 19.1 Å². The number of hydrogen-bond acceptors (Lipinski definition) is 4. The summed E-state index contributed by atoms with van der Waals surface area (Å²) in [5, 5.41) is 2.68. The minimum Gasteiger partial charge on any atom is -0.362 e. The standard InChI is InChI=1S/C15H14F4N2O2S/c1-9-12(6-10-2-4-11(16)5-3-10)24-14(20-9)21-13(22)7-23-8-15(17,18)19/h2-5H,6-8H2,1H3,(H,20,21,22). The van der Waals surface area contributed by atoms with Crippen molar-refractivity contribution in [2.24, 2.45) is 0 Å². The Morgan fingerprint density at radius 2 is 1.96 bits per heavy atom. The highest BCUT2D eigenvalue weighted by atomic mass is 32.1. The van der Waals surface area contributed by atoms with Gasteiger partial charge < -0.3 is 4.74 Å². The van der Waals surface area contributed by atoms with E-state index in [0.717, 1.165) is 10.4 Å². The Morgan fingerprint density at radius 3 is 2.58 bits per heavy atom. The van der Waals surface area contributed by atoms with Crippen LogP contribution in [0.2, 0.25) is 0 Å². The van der Waals surface area contributed by atoms with Crippen LogP contribution in [0.25, 0.3) is 0 Å². The molecule has 9 heteroatoms. The summed E-state index contributed by atoms with van der Waals surface area (Å²) < 4.78 is 53.0. The van der Waals surface area contributed by atoms with Crippen LogP contribution < -0.4 is 5.32 Å². The molecule has 1 amide bonds. The number of aryl methyl sites for hydroxylation is 1. The summed E-state index contributed by atoms with van der Waals surface area (Å²) in [4.78, 5) is 16.6. The summed E-state index contributed by atoms with van der Waals surface area (Å²) in [6.07, 6.45) is -3.95. The summed E-state index contributed by atoms with van der Waals surface area (Å²) in [5.74, 6) is -1.03. The number of aromatic nitrogens is 1. The average molecular weight is 362 g/mol. The highest BCUT2D eigenvalue weighted by molar-refractivity contribution is 7.15. The molecule has 0 aliphatic heterocycles. The smallest absolute Gasteiger partial charge is 0.362 e. The number of carbonyl (C=O) groups is 1. The predicted molar refractivity (Wildman–Crippen MR) is 81.6 cm³/mol. The predicted octanol–water partition coefficient (Wildman–Crippen LogP) is 3.70. The molecule has 1 heterocycles. The first-order valence-corrected chi connectivity index (χ1v) is 7.69. The molecule has 4 nitrogen and oxygen atoms in total. The fraction of sp³-hybridized carbons (Fsp3) is 0.333. The number of carbonyl (C=O) groups excluding carboxylic acids is 1. The lowest BCUT2D eigenvalue weighted by molar-refractivity contribution is -0.174. The van der Waals surface area contributed by atoms with Crippen LogP contribution in [0.5, 0.6) is 0 Å². The van der Waals surface area contributed by atoms with Gasteiger partial charge in [0.15, 0.2) is 5.13 Å². The number of amides is 1. The summed E-state index contributed by atoms with van der Waals surface area (Å²) in [5.41, 5.74) is 1.57. The molecule has 0 bridgehead atoms. The minimum atomic E-state index is -4.47. The molecule has 2 aromatic rings. The molecule has 0 radical (unpaired) electrons. The molecule has 0 saturated heterocycles. The Balaban J connectivity index is 1.91. The van der Waals surface area contributed by atoms with Crippen molar-refractivity contribution in [3.63, 3.8) is 0 Å². The number of benzene rings is 1. The van der Waals surface area contributed by atoms with E-state index >= 15 is 0 Å². The maximum atomic E-state index is 12.9. The first-order valence-electron chi connectivity index (χ1n) is 6.88. The highest BCUT2D eigenvalue weighted by Crippen LogP contribution is 2.25. The van der Waals surface area contributed by atoms with Gasteiger partial charge in [0.2, 0.25) is 0 Å². The Labute approximate surface area is 139 Å². The molecule has 1 aromatic carbocycles. The largest absolute Gasteiger partial charge is 0.411 e. The number of alkyl halides is 3. The van der Waals surface area contributed by atoms with E-state index in [4.69, 9.17) is 0 Å². The molecule has 0 unspecified atom stereocenters. The van der Waals surface area contributed by atoms with E-state index < -0.39 is 25.3 Å². The monoisotopic (exact) mass is 362 g/mol. The van der Waals surface area contributed by atoms with E-state index in [-0.39, 0.29) is 10.9 Å². The molecule has 0 fully saturated rings. The molecule has 0 aliphatic rings. The fourth-order valence-corrected chi connectivity index (χ4v) is 2.86. The zero-order valence-corrected chi connectivity index (χ0v) is 13.4. The topological polar surface area (TPSA) is 51.2 Å². The second-order valence-electron chi connectivity index (χ2n) is 4.99. The van der Waals surface area contributed by atoms with Crippen LogP contribution in [0.15, 0.2) is 24.3 Å². The first-order chi connectivity index (χ1) is 11.2. The van der Waals surface area contributed by atoms with Gasteiger partial charge in [0, 0.05) is 11.3 Å². The van der Waals surface area contributed by atoms with E-state index in [1.165, 1.54) is 23.5 Å². The third-order valence-electron chi connectivity index (χ3n) is 2.92. The number of thiazole rings is 1. The molecule has 1 N–H and O–H groups in total. The average Bonchev–Trinajstić information content (AvgIpc) is 2.79. The lowest BCUT2D eigenvalue weighted by Gasteiger charge is -2.06. The van der Waals surface area contributed by atoms with Crippen molar-refractivity contribution in [2.45, 2.75) is 19.5 Å². The summed E-state index contributed by atoms with van der Waals surface area (Å²) in [7, 11) is 0. The van der Waals surface area contributed by atoms with Crippen molar-refractivity contribution >= 4 is 22.4 Å². The van der Waals surface area contributed by atoms with E-state index in [2.05, 4.69) is 15.0 Å². The SMILES string of the molecule is Cc1nc(NC(=O)COCC(F)(F)F)sc1Cc1ccc(F)cc1. The van der Waals surface area contributed by atoms with Crippen molar-refractivity contribution < 1.29 is 27.1 Å². The van der Waals surface area contributed by atoms with Crippen LogP contribution >= 0.6 is 11.3 Å². The Morgan fingerprint density at radius 1 is 1.29 bits per heavy atom. The number of ether oxygens (including phenoxy) is 1. The fourth-order valence-electron chi connectivity index (χ4n) is 1.85. The number of nitrogens with one attached hydrogen (secondary N) is 1. The minimum absolute atomic E-state index is 0.283. The number of anilines is 1. The van der Waals surface area contributed by atoms with Gasteiger partial charge in [-0.2, -0.15) is 13.2 Å². The van der Waals surface area contributed by atoms with Crippen molar-refractivity contribution in [1.29, 1.82) is 0 Å². The molecule has 130 valence electrons. The number of hydrogen-bond donors (Lipinski definition) is 1. The number of rotatable bonds is 6. The van der Waals surface area contributed by atoms with Gasteiger partial charge >= 0.3 is 6.18 Å². The van der Waals surface area contributed by atoms with Gasteiger partial charge in [-0.25, -0.2) is 9.37 Å². The van der Waals surface area contributed by atoms with Crippen LogP contribution in [-0.2, 0) is 16.0 Å². The molecule has 0 spiro atoms. The summed E-state index contributed by atoms with van der Waals surface area (Å²) >= 11 is 1.21. The van der Waals surface area contributed by atoms with Crippen molar-refractivity contribution in [3.05, 3.63) is 46.2 Å². The van der Waals surface area contributed by atoms with Gasteiger partial charge in [-0.05, 0) is 24.6 Å². The van der Waals surface area contributed by atoms with Crippen LogP contribution in [0, 0.1) is 12.7 Å². The quantitative estimate of drug-likeness (QED) is 0.798. The second-order valence-corrected chi connectivity index (χ2v) is 6.07. The molecule has 24 heavy (non-hydrogen) atoms. The maximum absolute atomic E-state index is 12.9. The van der Waals surface area contributed by atoms with Gasteiger partial charge in [0.25, 0.3) is 5.91 Å². The molecular weight excluding hydrogens is 348 g/mol. The molecule has 2 rings (SSSR count). The Bertz CT molecular complexity index is 698. The van der Waals surface area contributed by atoms with Crippen molar-refractivity contribution in [2.75, 3.05) is 18.5 Å². The first kappa shape index (κ1) is 18.3. The van der Waals surface area contributed by atoms with Crippen molar-refractivity contribution in [3.8, 4) is 0 Å². The third kappa shape index (κ3) is 5.89. The van der Waals surface area contributed by atoms with E-state index in [0.29, 0.717) is 12.1 Å². The van der Waals surface area contributed by atoms with Gasteiger partial charge in [0.1, 0.15) is 19.0 Å². The number of halogens is 4. The zero-order valence-electron chi connectivity index (χ0n) is 12.6. The molecule has 0 atom stereocenters. The van der Waals surface area contributed by atoms with Crippen LogP contribution in [0.4, 0.5) is 22.7 Å². The van der Waals surface area contributed by atoms with E-state index in [9.17, 15) is 22.4 Å². The van der Waals surface area contributed by atoms with Crippen LogP contribution in [0.3, 0.4) is 0 Å². The zero-order chi connectivity index (χ0) is 17.7. The molecular formula is C15H14F4N2O2S. The lowest BCUT2D eigenvalue weighted by Crippen LogP contribution is -2.23. The third-order valence-corrected chi connectivity index (χ3v) is 3.99. The molecule has 0 aliphatic carbocycles. The van der Waals surface area contributed by atoms with Crippen molar-refractivity contribution in [1.82, 2.24) is 4.98 Å². The highest BCUT2D eigenvalue weighted by Gasteiger charge is 2.27. The maximum Gasteiger partial charge on any atom is 0.411 e. The van der Waals surface area contributed by atoms with Gasteiger partial charge in [-0.1, -0.05) is 12.1 Å². The second kappa shape index (κ2) is 7.71. The van der Waals surface area contributed by atoms with Crippen LogP contribution in [0.1, 0.15) is 16.1 Å². The summed E-state index contributed by atoms with van der Waals surface area (Å²) in [6, 6.07) is 6.01. The Hall–Kier alpha value is -2.00. The summed E-state index contributed by atoms with van der Waals surface area (Å²) in [6.45, 7) is -0.427. The van der Waals surface area contributed by atoms with E-state index in [1.807, 2.05) is 0 Å².